The van der Waals surface area contributed by atoms with Crippen molar-refractivity contribution in [3.63, 3.8) is 0 Å². The largest absolute Gasteiger partial charge is 0.361 e. The summed E-state index contributed by atoms with van der Waals surface area (Å²) in [6, 6.07) is 4.79. The van der Waals surface area contributed by atoms with Gasteiger partial charge in [0.25, 0.3) is 0 Å². The molecule has 1 aromatic carbocycles. The van der Waals surface area contributed by atoms with Crippen LogP contribution >= 0.6 is 0 Å². The first-order valence-electron chi connectivity index (χ1n) is 4.36. The fourth-order valence-corrected chi connectivity index (χ4v) is 1.55. The molecule has 0 amide bonds. The molecule has 1 heterocycles. The molecule has 0 atom stereocenters. The van der Waals surface area contributed by atoms with Gasteiger partial charge in [0, 0.05) is 33.9 Å². The summed E-state index contributed by atoms with van der Waals surface area (Å²) >= 11 is 0. The number of halogens is 1. The Morgan fingerprint density at radius 1 is 1.36 bits per heavy atom. The predicted molar refractivity (Wildman–Crippen MR) is 51.9 cm³/mol. The summed E-state index contributed by atoms with van der Waals surface area (Å²) in [7, 11) is 0. The van der Waals surface area contributed by atoms with Crippen LogP contribution in [0.3, 0.4) is 0 Å². The number of aromatic nitrogens is 1. The van der Waals surface area contributed by atoms with E-state index in [1.165, 1.54) is 6.07 Å². The van der Waals surface area contributed by atoms with Gasteiger partial charge in [0.1, 0.15) is 5.82 Å². The van der Waals surface area contributed by atoms with E-state index >= 15 is 0 Å². The molecule has 0 bridgehead atoms. The molecular formula is C11H11CoFN-. The number of benzene rings is 1. The predicted octanol–water partition coefficient (Wildman–Crippen LogP) is 3.07. The minimum absolute atomic E-state index is 0. The Labute approximate surface area is 92.9 Å². The zero-order chi connectivity index (χ0) is 9.26. The van der Waals surface area contributed by atoms with Crippen LogP contribution in [0.15, 0.2) is 24.4 Å². The minimum Gasteiger partial charge on any atom is -0.361 e. The summed E-state index contributed by atoms with van der Waals surface area (Å²) in [5, 5.41) is 0.976. The van der Waals surface area contributed by atoms with Gasteiger partial charge in [-0.1, -0.05) is 6.42 Å². The summed E-state index contributed by atoms with van der Waals surface area (Å²) in [5.41, 5.74) is 2.13. The van der Waals surface area contributed by atoms with Crippen molar-refractivity contribution < 1.29 is 21.2 Å². The van der Waals surface area contributed by atoms with Gasteiger partial charge < -0.3 is 11.9 Å². The Kier molecular flexibility index (Phi) is 3.72. The first-order chi connectivity index (χ1) is 6.31. The van der Waals surface area contributed by atoms with E-state index in [9.17, 15) is 4.39 Å². The Hall–Kier alpha value is -0.804. The van der Waals surface area contributed by atoms with Crippen molar-refractivity contribution in [3.8, 4) is 0 Å². The molecule has 1 radical (unpaired) electrons. The van der Waals surface area contributed by atoms with Crippen LogP contribution in [-0.4, -0.2) is 4.98 Å². The first kappa shape index (κ1) is 11.3. The number of fused-ring (bicyclic) bond motifs is 1. The molecule has 0 spiro atoms. The van der Waals surface area contributed by atoms with Crippen LogP contribution in [0.1, 0.15) is 12.0 Å². The zero-order valence-corrected chi connectivity index (χ0v) is 8.68. The summed E-state index contributed by atoms with van der Waals surface area (Å²) in [6.07, 6.45) is 3.65. The van der Waals surface area contributed by atoms with E-state index in [-0.39, 0.29) is 22.6 Å². The maximum atomic E-state index is 12.9. The van der Waals surface area contributed by atoms with Gasteiger partial charge >= 0.3 is 0 Å². The molecule has 3 heteroatoms. The van der Waals surface area contributed by atoms with E-state index in [1.807, 2.05) is 6.20 Å². The molecule has 0 saturated heterocycles. The second-order valence-electron chi connectivity index (χ2n) is 3.11. The normalized spacial score (nSPS) is 10.1. The second kappa shape index (κ2) is 4.62. The van der Waals surface area contributed by atoms with Gasteiger partial charge in [0.05, 0.1) is 0 Å². The SMILES string of the molecule is [CH2-]CCc1c[nH]c2ccc(F)cc12.[Co]. The van der Waals surface area contributed by atoms with Crippen molar-refractivity contribution in [3.05, 3.63) is 42.7 Å². The molecular weight excluding hydrogens is 224 g/mol. The Bertz CT molecular complexity index is 422. The molecule has 1 N–H and O–H groups in total. The molecule has 0 saturated carbocycles. The van der Waals surface area contributed by atoms with Crippen molar-refractivity contribution >= 4 is 10.9 Å². The van der Waals surface area contributed by atoms with Crippen molar-refractivity contribution in [1.82, 2.24) is 4.98 Å². The van der Waals surface area contributed by atoms with Crippen LogP contribution in [0, 0.1) is 12.7 Å². The Morgan fingerprint density at radius 2 is 2.14 bits per heavy atom. The molecule has 0 fully saturated rings. The standard InChI is InChI=1S/C11H11FN.Co/c1-2-3-8-7-13-11-5-4-9(12)6-10(8)11;/h4-7,13H,1-3H2;/q-1;. The number of hydrogen-bond donors (Lipinski definition) is 1. The quantitative estimate of drug-likeness (QED) is 0.770. The number of nitrogens with one attached hydrogen (secondary N) is 1. The second-order valence-corrected chi connectivity index (χ2v) is 3.11. The van der Waals surface area contributed by atoms with Crippen molar-refractivity contribution in [2.45, 2.75) is 12.8 Å². The van der Waals surface area contributed by atoms with Gasteiger partial charge in [-0.05, 0) is 23.8 Å². The monoisotopic (exact) mass is 235 g/mol. The maximum absolute atomic E-state index is 12.9. The van der Waals surface area contributed by atoms with Gasteiger partial charge in [-0.2, -0.15) is 6.42 Å². The van der Waals surface area contributed by atoms with E-state index in [1.54, 1.807) is 12.1 Å². The van der Waals surface area contributed by atoms with Crippen LogP contribution in [0.4, 0.5) is 4.39 Å². The number of hydrogen-bond acceptors (Lipinski definition) is 0. The molecule has 2 rings (SSSR count). The smallest absolute Gasteiger partial charge is 0.123 e. The van der Waals surface area contributed by atoms with Crippen LogP contribution in [0.2, 0.25) is 0 Å². The van der Waals surface area contributed by atoms with Crippen molar-refractivity contribution in [2.75, 3.05) is 0 Å². The van der Waals surface area contributed by atoms with E-state index in [0.29, 0.717) is 0 Å². The third-order valence-electron chi connectivity index (χ3n) is 2.18. The van der Waals surface area contributed by atoms with E-state index in [0.717, 1.165) is 29.3 Å². The zero-order valence-electron chi connectivity index (χ0n) is 7.64. The van der Waals surface area contributed by atoms with Crippen LogP contribution in [-0.2, 0) is 23.2 Å². The van der Waals surface area contributed by atoms with Crippen molar-refractivity contribution in [1.29, 1.82) is 0 Å². The van der Waals surface area contributed by atoms with Gasteiger partial charge in [0.15, 0.2) is 0 Å². The van der Waals surface area contributed by atoms with Crippen LogP contribution < -0.4 is 0 Å². The van der Waals surface area contributed by atoms with Crippen LogP contribution in [0.25, 0.3) is 10.9 Å². The molecule has 77 valence electrons. The van der Waals surface area contributed by atoms with Gasteiger partial charge in [-0.3, -0.25) is 0 Å². The average molecular weight is 235 g/mol. The van der Waals surface area contributed by atoms with E-state index < -0.39 is 0 Å². The molecule has 1 aromatic heterocycles. The fourth-order valence-electron chi connectivity index (χ4n) is 1.55. The van der Waals surface area contributed by atoms with Gasteiger partial charge in [0.2, 0.25) is 0 Å². The summed E-state index contributed by atoms with van der Waals surface area (Å²) in [4.78, 5) is 3.11. The molecule has 0 aliphatic rings. The molecule has 1 nitrogen and oxygen atoms in total. The number of rotatable bonds is 2. The summed E-state index contributed by atoms with van der Waals surface area (Å²) in [5.74, 6) is -0.183. The number of aromatic amines is 1. The van der Waals surface area contributed by atoms with Gasteiger partial charge in [-0.15, -0.1) is 0 Å². The molecule has 0 aliphatic heterocycles. The topological polar surface area (TPSA) is 15.8 Å². The molecule has 0 aliphatic carbocycles. The third-order valence-corrected chi connectivity index (χ3v) is 2.18. The van der Waals surface area contributed by atoms with Crippen LogP contribution in [0.5, 0.6) is 0 Å². The Morgan fingerprint density at radius 3 is 2.86 bits per heavy atom. The first-order valence-corrected chi connectivity index (χ1v) is 4.36. The van der Waals surface area contributed by atoms with Crippen molar-refractivity contribution in [2.24, 2.45) is 0 Å². The number of aryl methyl sites for hydroxylation is 1. The maximum Gasteiger partial charge on any atom is 0.123 e. The minimum atomic E-state index is -0.183. The van der Waals surface area contributed by atoms with E-state index in [4.69, 9.17) is 0 Å². The average Bonchev–Trinajstić information content (AvgIpc) is 2.49. The number of H-pyrrole nitrogens is 1. The Balaban J connectivity index is 0.000000980. The fraction of sp³-hybridized carbons (Fsp3) is 0.182. The summed E-state index contributed by atoms with van der Waals surface area (Å²) < 4.78 is 12.9. The molecule has 0 unspecified atom stereocenters. The van der Waals surface area contributed by atoms with E-state index in [2.05, 4.69) is 11.9 Å². The third kappa shape index (κ3) is 1.99. The van der Waals surface area contributed by atoms with Gasteiger partial charge in [-0.25, -0.2) is 4.39 Å². The molecule has 2 aromatic rings. The molecule has 14 heavy (non-hydrogen) atoms. The summed E-state index contributed by atoms with van der Waals surface area (Å²) in [6.45, 7) is 3.78.